The van der Waals surface area contributed by atoms with Crippen molar-refractivity contribution in [1.82, 2.24) is 9.88 Å². The Morgan fingerprint density at radius 1 is 0.966 bits per heavy atom. The monoisotopic (exact) mass is 386 g/mol. The first-order chi connectivity index (χ1) is 14.2. The molecule has 1 aliphatic rings. The van der Waals surface area contributed by atoms with Gasteiger partial charge in [-0.3, -0.25) is 9.78 Å². The Bertz CT molecular complexity index is 937. The van der Waals surface area contributed by atoms with E-state index in [9.17, 15) is 4.79 Å². The molecule has 0 saturated carbocycles. The molecule has 0 spiro atoms. The number of hydrogen-bond acceptors (Lipinski definition) is 3. The van der Waals surface area contributed by atoms with Crippen LogP contribution in [0, 0.1) is 0 Å². The number of hydrogen-bond donors (Lipinski definition) is 1. The molecule has 1 unspecified atom stereocenters. The Balaban J connectivity index is 1.42. The summed E-state index contributed by atoms with van der Waals surface area (Å²) < 4.78 is 0. The summed E-state index contributed by atoms with van der Waals surface area (Å²) >= 11 is 0. The van der Waals surface area contributed by atoms with Crippen LogP contribution in [-0.4, -0.2) is 34.0 Å². The molecule has 0 radical (unpaired) electrons. The van der Waals surface area contributed by atoms with Gasteiger partial charge < -0.3 is 10.0 Å². The normalized spacial score (nSPS) is 17.0. The summed E-state index contributed by atoms with van der Waals surface area (Å²) in [4.78, 5) is 19.4. The molecule has 1 aliphatic heterocycles. The van der Waals surface area contributed by atoms with Gasteiger partial charge in [0.25, 0.3) is 5.91 Å². The van der Waals surface area contributed by atoms with Crippen molar-refractivity contribution in [2.75, 3.05) is 13.1 Å². The minimum absolute atomic E-state index is 0.0299. The number of rotatable bonds is 4. The first-order valence-corrected chi connectivity index (χ1v) is 10.2. The number of likely N-dealkylation sites (tertiary alicyclic amines) is 1. The molecule has 0 aliphatic carbocycles. The summed E-state index contributed by atoms with van der Waals surface area (Å²) in [7, 11) is 0. The summed E-state index contributed by atoms with van der Waals surface area (Å²) in [5, 5.41) is 9.16. The van der Waals surface area contributed by atoms with E-state index in [2.05, 4.69) is 29.2 Å². The molecule has 148 valence electrons. The molecule has 2 heterocycles. The molecule has 29 heavy (non-hydrogen) atoms. The van der Waals surface area contributed by atoms with Gasteiger partial charge >= 0.3 is 0 Å². The van der Waals surface area contributed by atoms with Crippen LogP contribution in [0.25, 0.3) is 11.3 Å². The molecule has 4 heteroatoms. The lowest BCUT2D eigenvalue weighted by molar-refractivity contribution is 0.0760. The van der Waals surface area contributed by atoms with E-state index in [1.807, 2.05) is 47.4 Å². The van der Waals surface area contributed by atoms with Gasteiger partial charge in [0.05, 0.1) is 17.9 Å². The maximum absolute atomic E-state index is 13.0. The Hall–Kier alpha value is -2.98. The van der Waals surface area contributed by atoms with Gasteiger partial charge in [0.15, 0.2) is 0 Å². The quantitative estimate of drug-likeness (QED) is 0.710. The fourth-order valence-corrected chi connectivity index (χ4v) is 4.01. The van der Waals surface area contributed by atoms with Crippen molar-refractivity contribution < 1.29 is 9.90 Å². The van der Waals surface area contributed by atoms with E-state index in [4.69, 9.17) is 5.11 Å². The Morgan fingerprint density at radius 2 is 1.76 bits per heavy atom. The molecule has 1 N–H and O–H groups in total. The van der Waals surface area contributed by atoms with Crippen molar-refractivity contribution in [2.24, 2.45) is 0 Å². The van der Waals surface area contributed by atoms with Gasteiger partial charge in [0, 0.05) is 24.8 Å². The van der Waals surface area contributed by atoms with Gasteiger partial charge in [-0.05, 0) is 48.4 Å². The second kappa shape index (κ2) is 9.01. The van der Waals surface area contributed by atoms with Gasteiger partial charge in [-0.1, -0.05) is 54.6 Å². The predicted molar refractivity (Wildman–Crippen MR) is 115 cm³/mol. The fraction of sp³-hybridized carbons (Fsp3) is 0.280. The van der Waals surface area contributed by atoms with Crippen LogP contribution in [0.5, 0.6) is 0 Å². The zero-order chi connectivity index (χ0) is 20.1. The van der Waals surface area contributed by atoms with Gasteiger partial charge in [0.1, 0.15) is 0 Å². The summed E-state index contributed by atoms with van der Waals surface area (Å²) in [6.07, 6.45) is 4.82. The maximum Gasteiger partial charge on any atom is 0.255 e. The molecule has 1 amide bonds. The molecule has 4 rings (SSSR count). The van der Waals surface area contributed by atoms with E-state index in [0.717, 1.165) is 49.2 Å². The highest BCUT2D eigenvalue weighted by Gasteiger charge is 2.22. The van der Waals surface area contributed by atoms with Gasteiger partial charge in [-0.2, -0.15) is 0 Å². The summed E-state index contributed by atoms with van der Waals surface area (Å²) in [6.45, 7) is 1.61. The number of aromatic nitrogens is 1. The topological polar surface area (TPSA) is 53.4 Å². The van der Waals surface area contributed by atoms with Crippen molar-refractivity contribution in [3.8, 4) is 11.3 Å². The van der Waals surface area contributed by atoms with Crippen LogP contribution in [0.4, 0.5) is 0 Å². The lowest BCUT2D eigenvalue weighted by Crippen LogP contribution is -2.32. The highest BCUT2D eigenvalue weighted by Crippen LogP contribution is 2.28. The smallest absolute Gasteiger partial charge is 0.255 e. The fourth-order valence-electron chi connectivity index (χ4n) is 4.01. The molecule has 2 aromatic carbocycles. The first kappa shape index (κ1) is 19.3. The average Bonchev–Trinajstić information content (AvgIpc) is 3.06. The number of aliphatic hydroxyl groups excluding tert-OH is 1. The third-order valence-corrected chi connectivity index (χ3v) is 5.73. The highest BCUT2D eigenvalue weighted by molar-refractivity contribution is 5.94. The molecule has 1 atom stereocenters. The van der Waals surface area contributed by atoms with E-state index in [0.29, 0.717) is 11.5 Å². The summed E-state index contributed by atoms with van der Waals surface area (Å²) in [5.74, 6) is 0.588. The lowest BCUT2D eigenvalue weighted by Gasteiger charge is -2.21. The number of pyridine rings is 1. The molecular formula is C25H26N2O2. The van der Waals surface area contributed by atoms with Crippen LogP contribution in [0.3, 0.4) is 0 Å². The number of carbonyl (C=O) groups is 1. The maximum atomic E-state index is 13.0. The molecule has 1 saturated heterocycles. The van der Waals surface area contributed by atoms with Crippen molar-refractivity contribution >= 4 is 5.91 Å². The second-order valence-corrected chi connectivity index (χ2v) is 7.62. The van der Waals surface area contributed by atoms with E-state index < -0.39 is 0 Å². The molecule has 0 bridgehead atoms. The van der Waals surface area contributed by atoms with Crippen molar-refractivity contribution in [1.29, 1.82) is 0 Å². The minimum atomic E-state index is 0.0299. The average molecular weight is 386 g/mol. The van der Waals surface area contributed by atoms with Crippen LogP contribution >= 0.6 is 0 Å². The Kier molecular flexibility index (Phi) is 6.01. The number of benzene rings is 2. The molecule has 1 aromatic heterocycles. The highest BCUT2D eigenvalue weighted by atomic mass is 16.3. The van der Waals surface area contributed by atoms with Crippen LogP contribution < -0.4 is 0 Å². The Morgan fingerprint density at radius 3 is 2.45 bits per heavy atom. The largest absolute Gasteiger partial charge is 0.392 e. The summed E-state index contributed by atoms with van der Waals surface area (Å²) in [5.41, 5.74) is 4.68. The zero-order valence-electron chi connectivity index (χ0n) is 16.5. The van der Waals surface area contributed by atoms with Gasteiger partial charge in [-0.25, -0.2) is 0 Å². The molecular weight excluding hydrogens is 360 g/mol. The van der Waals surface area contributed by atoms with Crippen LogP contribution in [0.15, 0.2) is 72.9 Å². The summed E-state index contributed by atoms with van der Waals surface area (Å²) in [6, 6.07) is 22.0. The molecule has 4 nitrogen and oxygen atoms in total. The van der Waals surface area contributed by atoms with Crippen molar-refractivity contribution in [3.05, 3.63) is 89.6 Å². The second-order valence-electron chi connectivity index (χ2n) is 7.62. The SMILES string of the molecule is O=C(c1ccc(-c2ccc(CO)cc2)nc1)N1CCCC(c2ccccc2)CC1. The zero-order valence-corrected chi connectivity index (χ0v) is 16.5. The Labute approximate surface area is 171 Å². The number of aliphatic hydroxyl groups is 1. The number of carbonyl (C=O) groups excluding carboxylic acids is 1. The predicted octanol–water partition coefficient (Wildman–Crippen LogP) is 4.65. The number of nitrogens with zero attached hydrogens (tertiary/aromatic N) is 2. The lowest BCUT2D eigenvalue weighted by atomic mass is 9.92. The first-order valence-electron chi connectivity index (χ1n) is 10.2. The number of amides is 1. The molecule has 3 aromatic rings. The van der Waals surface area contributed by atoms with Crippen LogP contribution in [-0.2, 0) is 6.61 Å². The minimum Gasteiger partial charge on any atom is -0.392 e. The van der Waals surface area contributed by atoms with Crippen LogP contribution in [0.1, 0.15) is 46.7 Å². The van der Waals surface area contributed by atoms with Gasteiger partial charge in [0.2, 0.25) is 0 Å². The van der Waals surface area contributed by atoms with Crippen molar-refractivity contribution in [3.63, 3.8) is 0 Å². The molecule has 1 fully saturated rings. The van der Waals surface area contributed by atoms with Crippen LogP contribution in [0.2, 0.25) is 0 Å². The standard InChI is InChI=1S/C25H26N2O2/c28-18-19-8-10-22(11-9-19)24-13-12-23(17-26-24)25(29)27-15-4-7-21(14-16-27)20-5-2-1-3-6-20/h1-3,5-6,8-13,17,21,28H,4,7,14-16,18H2. The van der Waals surface area contributed by atoms with E-state index >= 15 is 0 Å². The van der Waals surface area contributed by atoms with Gasteiger partial charge in [-0.15, -0.1) is 0 Å². The van der Waals surface area contributed by atoms with Crippen molar-refractivity contribution in [2.45, 2.75) is 31.8 Å². The van der Waals surface area contributed by atoms with E-state index in [-0.39, 0.29) is 12.5 Å². The third-order valence-electron chi connectivity index (χ3n) is 5.73. The van der Waals surface area contributed by atoms with E-state index in [1.54, 1.807) is 6.20 Å². The van der Waals surface area contributed by atoms with E-state index in [1.165, 1.54) is 5.56 Å². The third kappa shape index (κ3) is 4.54.